The van der Waals surface area contributed by atoms with Gasteiger partial charge in [0.1, 0.15) is 6.61 Å². The van der Waals surface area contributed by atoms with Gasteiger partial charge < -0.3 is 4.74 Å². The van der Waals surface area contributed by atoms with Crippen molar-refractivity contribution in [1.29, 1.82) is 5.26 Å². The summed E-state index contributed by atoms with van der Waals surface area (Å²) >= 11 is 0. The minimum Gasteiger partial charge on any atom is -0.482 e. The highest BCUT2D eigenvalue weighted by molar-refractivity contribution is 7.89. The first kappa shape index (κ1) is 18.8. The Bertz CT molecular complexity index is 1010. The molecule has 140 valence electrons. The molecule has 1 saturated heterocycles. The molecule has 8 nitrogen and oxygen atoms in total. The number of nitrogens with zero attached hydrogens (tertiary/aromatic N) is 3. The van der Waals surface area contributed by atoms with Crippen LogP contribution in [0, 0.1) is 21.4 Å². The number of hydrogen-bond donors (Lipinski definition) is 0. The Kier molecular flexibility index (Phi) is 5.39. The predicted octanol–water partition coefficient (Wildman–Crippen LogP) is 2.83. The summed E-state index contributed by atoms with van der Waals surface area (Å²) in [5, 5.41) is 20.5. The van der Waals surface area contributed by atoms with Crippen LogP contribution in [0.1, 0.15) is 24.0 Å². The maximum Gasteiger partial charge on any atom is 0.312 e. The third-order valence-electron chi connectivity index (χ3n) is 4.35. The second-order valence-corrected chi connectivity index (χ2v) is 7.99. The molecule has 2 aromatic rings. The van der Waals surface area contributed by atoms with Gasteiger partial charge in [-0.1, -0.05) is 18.2 Å². The van der Waals surface area contributed by atoms with Gasteiger partial charge in [-0.2, -0.15) is 9.57 Å². The van der Waals surface area contributed by atoms with E-state index in [1.165, 1.54) is 16.4 Å². The fraction of sp³-hybridized carbons (Fsp3) is 0.278. The van der Waals surface area contributed by atoms with E-state index in [2.05, 4.69) is 0 Å². The molecular formula is C18H17N3O5S. The molecular weight excluding hydrogens is 370 g/mol. The summed E-state index contributed by atoms with van der Waals surface area (Å²) in [5.74, 6) is -0.0480. The number of nitriles is 1. The number of hydrogen-bond acceptors (Lipinski definition) is 6. The van der Waals surface area contributed by atoms with Crippen molar-refractivity contribution in [2.24, 2.45) is 0 Å². The second kappa shape index (κ2) is 7.73. The molecule has 0 spiro atoms. The Hall–Kier alpha value is -2.96. The summed E-state index contributed by atoms with van der Waals surface area (Å²) in [5.41, 5.74) is 0.571. The molecule has 2 aromatic carbocycles. The first-order chi connectivity index (χ1) is 12.9. The van der Waals surface area contributed by atoms with Gasteiger partial charge in [-0.15, -0.1) is 0 Å². The van der Waals surface area contributed by atoms with Crippen LogP contribution in [0.2, 0.25) is 0 Å². The summed E-state index contributed by atoms with van der Waals surface area (Å²) in [6.45, 7) is 0.793. The molecule has 1 aliphatic heterocycles. The molecule has 0 bridgehead atoms. The molecule has 1 fully saturated rings. The van der Waals surface area contributed by atoms with Gasteiger partial charge in [-0.25, -0.2) is 8.42 Å². The molecule has 3 rings (SSSR count). The normalized spacial score (nSPS) is 14.6. The van der Waals surface area contributed by atoms with Gasteiger partial charge in [-0.05, 0) is 31.0 Å². The molecule has 0 atom stereocenters. The average molecular weight is 387 g/mol. The van der Waals surface area contributed by atoms with Gasteiger partial charge in [0.2, 0.25) is 10.0 Å². The van der Waals surface area contributed by atoms with Crippen LogP contribution in [0.4, 0.5) is 5.69 Å². The van der Waals surface area contributed by atoms with Crippen LogP contribution in [-0.4, -0.2) is 30.7 Å². The fourth-order valence-corrected chi connectivity index (χ4v) is 4.45. The van der Waals surface area contributed by atoms with Crippen molar-refractivity contribution in [3.63, 3.8) is 0 Å². The van der Waals surface area contributed by atoms with E-state index >= 15 is 0 Å². The molecule has 9 heteroatoms. The maximum atomic E-state index is 12.6. The second-order valence-electron chi connectivity index (χ2n) is 6.06. The Morgan fingerprint density at radius 1 is 1.19 bits per heavy atom. The van der Waals surface area contributed by atoms with Gasteiger partial charge in [0.15, 0.2) is 5.75 Å². The summed E-state index contributed by atoms with van der Waals surface area (Å²) in [7, 11) is -3.76. The van der Waals surface area contributed by atoms with Crippen molar-refractivity contribution in [2.45, 2.75) is 24.3 Å². The highest BCUT2D eigenvalue weighted by Gasteiger charge is 2.29. The Labute approximate surface area is 156 Å². The van der Waals surface area contributed by atoms with E-state index in [0.29, 0.717) is 24.2 Å². The van der Waals surface area contributed by atoms with Crippen LogP contribution >= 0.6 is 0 Å². The zero-order valence-corrected chi connectivity index (χ0v) is 15.2. The SMILES string of the molecule is N#Cc1ccccc1COc1ccc(S(=O)(=O)N2CCCC2)cc1[N+](=O)[O-]. The lowest BCUT2D eigenvalue weighted by molar-refractivity contribution is -0.386. The van der Waals surface area contributed by atoms with E-state index in [-0.39, 0.29) is 17.3 Å². The molecule has 0 unspecified atom stereocenters. The molecule has 0 aromatic heterocycles. The lowest BCUT2D eigenvalue weighted by Gasteiger charge is -2.16. The molecule has 1 aliphatic rings. The van der Waals surface area contributed by atoms with Crippen LogP contribution in [0.25, 0.3) is 0 Å². The highest BCUT2D eigenvalue weighted by atomic mass is 32.2. The van der Waals surface area contributed by atoms with Gasteiger partial charge in [-0.3, -0.25) is 10.1 Å². The first-order valence-corrected chi connectivity index (χ1v) is 9.77. The van der Waals surface area contributed by atoms with E-state index in [0.717, 1.165) is 18.9 Å². The van der Waals surface area contributed by atoms with Crippen molar-refractivity contribution in [1.82, 2.24) is 4.31 Å². The largest absolute Gasteiger partial charge is 0.482 e. The zero-order valence-electron chi connectivity index (χ0n) is 14.4. The monoisotopic (exact) mass is 387 g/mol. The zero-order chi connectivity index (χ0) is 19.4. The first-order valence-electron chi connectivity index (χ1n) is 8.33. The van der Waals surface area contributed by atoms with E-state index in [1.807, 2.05) is 6.07 Å². The third kappa shape index (κ3) is 3.92. The molecule has 0 amide bonds. The van der Waals surface area contributed by atoms with Gasteiger partial charge in [0.05, 0.1) is 21.5 Å². The molecule has 0 saturated carbocycles. The summed E-state index contributed by atoms with van der Waals surface area (Å²) < 4.78 is 32.1. The van der Waals surface area contributed by atoms with Crippen LogP contribution in [0.15, 0.2) is 47.4 Å². The lowest BCUT2D eigenvalue weighted by atomic mass is 10.1. The van der Waals surface area contributed by atoms with Crippen molar-refractivity contribution >= 4 is 15.7 Å². The average Bonchev–Trinajstić information content (AvgIpc) is 3.22. The van der Waals surface area contributed by atoms with Crippen LogP contribution in [-0.2, 0) is 16.6 Å². The number of ether oxygens (including phenoxy) is 1. The van der Waals surface area contributed by atoms with Crippen molar-refractivity contribution < 1.29 is 18.1 Å². The topological polar surface area (TPSA) is 114 Å². The third-order valence-corrected chi connectivity index (χ3v) is 6.25. The molecule has 0 radical (unpaired) electrons. The number of benzene rings is 2. The van der Waals surface area contributed by atoms with Crippen LogP contribution < -0.4 is 4.74 Å². The lowest BCUT2D eigenvalue weighted by Crippen LogP contribution is -2.27. The molecule has 27 heavy (non-hydrogen) atoms. The van der Waals surface area contributed by atoms with E-state index in [1.54, 1.807) is 24.3 Å². The standard InChI is InChI=1S/C18H17N3O5S/c19-12-14-5-1-2-6-15(14)13-26-18-8-7-16(11-17(18)21(22)23)27(24,25)20-9-3-4-10-20/h1-2,5-8,11H,3-4,9-10,13H2. The molecule has 0 aliphatic carbocycles. The van der Waals surface area contributed by atoms with Crippen LogP contribution in [0.3, 0.4) is 0 Å². The highest BCUT2D eigenvalue weighted by Crippen LogP contribution is 2.32. The summed E-state index contributed by atoms with van der Waals surface area (Å²) in [6.07, 6.45) is 1.56. The molecule has 0 N–H and O–H groups in total. The fourth-order valence-electron chi connectivity index (χ4n) is 2.91. The number of nitro groups is 1. The van der Waals surface area contributed by atoms with Crippen molar-refractivity contribution in [3.8, 4) is 11.8 Å². The van der Waals surface area contributed by atoms with Crippen molar-refractivity contribution in [2.75, 3.05) is 13.1 Å². The van der Waals surface area contributed by atoms with E-state index in [9.17, 15) is 18.5 Å². The van der Waals surface area contributed by atoms with Crippen LogP contribution in [0.5, 0.6) is 5.75 Å². The number of nitro benzene ring substituents is 1. The Morgan fingerprint density at radius 2 is 1.89 bits per heavy atom. The number of sulfonamides is 1. The quantitative estimate of drug-likeness (QED) is 0.556. The molecule has 1 heterocycles. The van der Waals surface area contributed by atoms with E-state index < -0.39 is 20.6 Å². The summed E-state index contributed by atoms with van der Waals surface area (Å²) in [6, 6.07) is 12.4. The minimum atomic E-state index is -3.76. The van der Waals surface area contributed by atoms with Gasteiger partial charge >= 0.3 is 5.69 Å². The smallest absolute Gasteiger partial charge is 0.312 e. The Morgan fingerprint density at radius 3 is 2.56 bits per heavy atom. The predicted molar refractivity (Wildman–Crippen MR) is 96.6 cm³/mol. The minimum absolute atomic E-state index is 0.0389. The number of rotatable bonds is 6. The summed E-state index contributed by atoms with van der Waals surface area (Å²) in [4.78, 5) is 10.6. The maximum absolute atomic E-state index is 12.6. The van der Waals surface area contributed by atoms with Gasteiger partial charge in [0.25, 0.3) is 0 Å². The van der Waals surface area contributed by atoms with Crippen molar-refractivity contribution in [3.05, 3.63) is 63.7 Å². The van der Waals surface area contributed by atoms with Gasteiger partial charge in [0, 0.05) is 24.7 Å². The van der Waals surface area contributed by atoms with E-state index in [4.69, 9.17) is 10.00 Å². The Balaban J connectivity index is 1.88.